The number of aliphatic hydroxyl groups excluding tert-OH is 1. The van der Waals surface area contributed by atoms with Crippen LogP contribution < -0.4 is 4.74 Å². The molecule has 0 fully saturated rings. The molecule has 19 heavy (non-hydrogen) atoms. The van der Waals surface area contributed by atoms with E-state index in [1.165, 1.54) is 29.5 Å². The molecule has 8 heteroatoms. The van der Waals surface area contributed by atoms with E-state index in [2.05, 4.69) is 25.7 Å². The summed E-state index contributed by atoms with van der Waals surface area (Å²) in [7, 11) is 0. The van der Waals surface area contributed by atoms with Crippen molar-refractivity contribution in [2.24, 2.45) is 0 Å². The van der Waals surface area contributed by atoms with E-state index in [0.29, 0.717) is 20.1 Å². The van der Waals surface area contributed by atoms with Crippen LogP contribution in [0, 0.1) is 0 Å². The number of rotatable bonds is 3. The molecule has 2 rings (SSSR count). The highest BCUT2D eigenvalue weighted by molar-refractivity contribution is 9.11. The van der Waals surface area contributed by atoms with Crippen LogP contribution in [-0.4, -0.2) is 16.5 Å². The van der Waals surface area contributed by atoms with E-state index < -0.39 is 6.36 Å². The van der Waals surface area contributed by atoms with Gasteiger partial charge in [-0.15, -0.1) is 24.5 Å². The maximum Gasteiger partial charge on any atom is 0.573 e. The Morgan fingerprint density at radius 1 is 1.37 bits per heavy atom. The van der Waals surface area contributed by atoms with E-state index in [-0.39, 0.29) is 12.4 Å². The van der Waals surface area contributed by atoms with Crippen LogP contribution in [0.3, 0.4) is 0 Å². The van der Waals surface area contributed by atoms with Gasteiger partial charge in [-0.2, -0.15) is 0 Å². The molecule has 102 valence electrons. The van der Waals surface area contributed by atoms with Gasteiger partial charge in [0, 0.05) is 5.56 Å². The molecule has 0 saturated carbocycles. The van der Waals surface area contributed by atoms with Crippen molar-refractivity contribution < 1.29 is 23.0 Å². The molecule has 0 atom stereocenters. The highest BCUT2D eigenvalue weighted by Gasteiger charge is 2.31. The maximum atomic E-state index is 12.1. The fourth-order valence-corrected chi connectivity index (χ4v) is 2.85. The van der Waals surface area contributed by atoms with Crippen LogP contribution >= 0.6 is 27.3 Å². The molecule has 1 heterocycles. The first-order chi connectivity index (χ1) is 8.89. The highest BCUT2D eigenvalue weighted by atomic mass is 79.9. The van der Waals surface area contributed by atoms with Crippen LogP contribution in [0.1, 0.15) is 5.69 Å². The zero-order chi connectivity index (χ0) is 14.0. The van der Waals surface area contributed by atoms with Gasteiger partial charge in [-0.25, -0.2) is 4.98 Å². The molecular formula is C11H7BrF3NO2S. The third-order valence-corrected chi connectivity index (χ3v) is 3.99. The lowest BCUT2D eigenvalue weighted by Crippen LogP contribution is -2.17. The molecule has 0 saturated heterocycles. The third kappa shape index (κ3) is 3.68. The second-order valence-corrected chi connectivity index (χ2v) is 5.79. The van der Waals surface area contributed by atoms with Crippen LogP contribution in [0.25, 0.3) is 10.6 Å². The Hall–Kier alpha value is -1.12. The Balaban J connectivity index is 2.32. The standard InChI is InChI=1S/C11H7BrF3NO2S/c12-9-8(5-17)16-10(19-9)6-2-1-3-7(4-6)18-11(13,14)15/h1-4,17H,5H2. The molecule has 0 radical (unpaired) electrons. The van der Waals surface area contributed by atoms with E-state index in [1.54, 1.807) is 6.07 Å². The van der Waals surface area contributed by atoms with Crippen molar-refractivity contribution in [3.05, 3.63) is 33.7 Å². The van der Waals surface area contributed by atoms with Gasteiger partial charge < -0.3 is 9.84 Å². The molecule has 1 aromatic heterocycles. The second kappa shape index (κ2) is 5.48. The molecule has 2 aromatic rings. The number of aliphatic hydroxyl groups is 1. The smallest absolute Gasteiger partial charge is 0.406 e. The monoisotopic (exact) mass is 353 g/mol. The highest BCUT2D eigenvalue weighted by Crippen LogP contribution is 2.34. The van der Waals surface area contributed by atoms with Gasteiger partial charge in [0.1, 0.15) is 10.8 Å². The molecule has 0 aliphatic heterocycles. The molecule has 0 bridgehead atoms. The van der Waals surface area contributed by atoms with Crippen LogP contribution in [-0.2, 0) is 6.61 Å². The van der Waals surface area contributed by atoms with Gasteiger partial charge in [0.25, 0.3) is 0 Å². The minimum Gasteiger partial charge on any atom is -0.406 e. The molecule has 3 nitrogen and oxygen atoms in total. The fourth-order valence-electron chi connectivity index (χ4n) is 1.38. The molecule has 1 aromatic carbocycles. The number of hydrogen-bond donors (Lipinski definition) is 1. The van der Waals surface area contributed by atoms with Crippen molar-refractivity contribution in [2.75, 3.05) is 0 Å². The largest absolute Gasteiger partial charge is 0.573 e. The number of hydrogen-bond acceptors (Lipinski definition) is 4. The lowest BCUT2D eigenvalue weighted by atomic mass is 10.2. The lowest BCUT2D eigenvalue weighted by Gasteiger charge is -2.09. The van der Waals surface area contributed by atoms with Gasteiger partial charge in [-0.1, -0.05) is 12.1 Å². The molecule has 0 unspecified atom stereocenters. The topological polar surface area (TPSA) is 42.4 Å². The van der Waals surface area contributed by atoms with Crippen molar-refractivity contribution in [2.45, 2.75) is 13.0 Å². The number of halogens is 4. The maximum absolute atomic E-state index is 12.1. The summed E-state index contributed by atoms with van der Waals surface area (Å²) in [5.74, 6) is -0.304. The van der Waals surface area contributed by atoms with Gasteiger partial charge in [0.15, 0.2) is 0 Å². The zero-order valence-electron chi connectivity index (χ0n) is 9.24. The Kier molecular flexibility index (Phi) is 4.12. The van der Waals surface area contributed by atoms with Crippen LogP contribution in [0.4, 0.5) is 13.2 Å². The van der Waals surface area contributed by atoms with E-state index >= 15 is 0 Å². The zero-order valence-corrected chi connectivity index (χ0v) is 11.6. The predicted octanol–water partition coefficient (Wildman–Crippen LogP) is 3.96. The average molecular weight is 354 g/mol. The average Bonchev–Trinajstić information content (AvgIpc) is 2.69. The second-order valence-electron chi connectivity index (χ2n) is 3.47. The number of thiazole rings is 1. The first kappa shape index (κ1) is 14.3. The lowest BCUT2D eigenvalue weighted by molar-refractivity contribution is -0.274. The number of alkyl halides is 3. The molecule has 0 spiro atoms. The number of nitrogens with zero attached hydrogens (tertiary/aromatic N) is 1. The summed E-state index contributed by atoms with van der Waals surface area (Å²) in [6, 6.07) is 5.53. The minimum atomic E-state index is -4.72. The van der Waals surface area contributed by atoms with Crippen molar-refractivity contribution in [1.82, 2.24) is 4.98 Å². The van der Waals surface area contributed by atoms with E-state index in [4.69, 9.17) is 5.11 Å². The molecule has 0 amide bonds. The van der Waals surface area contributed by atoms with Crippen LogP contribution in [0.5, 0.6) is 5.75 Å². The normalized spacial score (nSPS) is 11.6. The predicted molar refractivity (Wildman–Crippen MR) is 67.9 cm³/mol. The van der Waals surface area contributed by atoms with Crippen molar-refractivity contribution in [3.8, 4) is 16.3 Å². The summed E-state index contributed by atoms with van der Waals surface area (Å²) in [5.41, 5.74) is 0.939. The molecular weight excluding hydrogens is 347 g/mol. The summed E-state index contributed by atoms with van der Waals surface area (Å²) in [6.07, 6.45) is -4.72. The van der Waals surface area contributed by atoms with Crippen molar-refractivity contribution in [3.63, 3.8) is 0 Å². The first-order valence-electron chi connectivity index (χ1n) is 5.01. The minimum absolute atomic E-state index is 0.240. The number of aromatic nitrogens is 1. The van der Waals surface area contributed by atoms with Gasteiger partial charge in [-0.05, 0) is 28.1 Å². The van der Waals surface area contributed by atoms with Crippen LogP contribution in [0.15, 0.2) is 28.1 Å². The van der Waals surface area contributed by atoms with Crippen molar-refractivity contribution >= 4 is 27.3 Å². The summed E-state index contributed by atoms with van der Waals surface area (Å²) in [4.78, 5) is 4.12. The van der Waals surface area contributed by atoms with Crippen molar-refractivity contribution in [1.29, 1.82) is 0 Å². The summed E-state index contributed by atoms with van der Waals surface area (Å²) in [6.45, 7) is -0.240. The Bertz CT molecular complexity index is 586. The van der Waals surface area contributed by atoms with E-state index in [0.717, 1.165) is 0 Å². The van der Waals surface area contributed by atoms with Gasteiger partial charge in [-0.3, -0.25) is 0 Å². The molecule has 0 aliphatic rings. The molecule has 0 aliphatic carbocycles. The summed E-state index contributed by atoms with van der Waals surface area (Å²) < 4.78 is 40.9. The summed E-state index contributed by atoms with van der Waals surface area (Å²) in [5, 5.41) is 9.53. The number of ether oxygens (including phenoxy) is 1. The third-order valence-electron chi connectivity index (χ3n) is 2.11. The quantitative estimate of drug-likeness (QED) is 0.907. The Labute approximate surface area is 118 Å². The molecule has 1 N–H and O–H groups in total. The van der Waals surface area contributed by atoms with Gasteiger partial charge >= 0.3 is 6.36 Å². The van der Waals surface area contributed by atoms with E-state index in [9.17, 15) is 13.2 Å². The Morgan fingerprint density at radius 3 is 2.68 bits per heavy atom. The van der Waals surface area contributed by atoms with E-state index in [1.807, 2.05) is 0 Å². The van der Waals surface area contributed by atoms with Gasteiger partial charge in [0.2, 0.25) is 0 Å². The SMILES string of the molecule is OCc1nc(-c2cccc(OC(F)(F)F)c2)sc1Br. The number of benzene rings is 1. The van der Waals surface area contributed by atoms with Gasteiger partial charge in [0.05, 0.1) is 16.1 Å². The summed E-state index contributed by atoms with van der Waals surface area (Å²) >= 11 is 4.45. The fraction of sp³-hybridized carbons (Fsp3) is 0.182. The Morgan fingerprint density at radius 2 is 2.11 bits per heavy atom. The first-order valence-corrected chi connectivity index (χ1v) is 6.62. The van der Waals surface area contributed by atoms with Crippen LogP contribution in [0.2, 0.25) is 0 Å².